The van der Waals surface area contributed by atoms with Crippen LogP contribution in [0.15, 0.2) is 58.3 Å². The van der Waals surface area contributed by atoms with Crippen molar-refractivity contribution in [2.24, 2.45) is 0 Å². The molecule has 0 N–H and O–H groups in total. The monoisotopic (exact) mass is 260 g/mol. The molecular weight excluding hydrogens is 249 g/mol. The molecule has 3 rings (SSSR count). The first-order valence-electron chi connectivity index (χ1n) is 4.77. The SMILES string of the molecule is c1cc[c]2c(c1)Sc1cccc[c]1[GeH2]2. The van der Waals surface area contributed by atoms with Gasteiger partial charge < -0.3 is 0 Å². The van der Waals surface area contributed by atoms with Crippen LogP contribution >= 0.6 is 11.8 Å². The van der Waals surface area contributed by atoms with Crippen LogP contribution in [0, 0.1) is 0 Å². The predicted molar refractivity (Wildman–Crippen MR) is 64.8 cm³/mol. The van der Waals surface area contributed by atoms with Gasteiger partial charge in [0.2, 0.25) is 0 Å². The summed E-state index contributed by atoms with van der Waals surface area (Å²) in [5, 5.41) is 0. The van der Waals surface area contributed by atoms with E-state index in [9.17, 15) is 0 Å². The van der Waals surface area contributed by atoms with Gasteiger partial charge in [0.05, 0.1) is 0 Å². The molecule has 2 heteroatoms. The van der Waals surface area contributed by atoms with Gasteiger partial charge in [0.25, 0.3) is 0 Å². The molecule has 0 atom stereocenters. The topological polar surface area (TPSA) is 0 Å². The van der Waals surface area contributed by atoms with E-state index < -0.39 is 15.4 Å². The zero-order valence-corrected chi connectivity index (χ0v) is 11.5. The van der Waals surface area contributed by atoms with Gasteiger partial charge in [-0.3, -0.25) is 0 Å². The Hall–Kier alpha value is -0.667. The van der Waals surface area contributed by atoms with Crippen molar-refractivity contribution in [3.05, 3.63) is 48.5 Å². The normalized spacial score (nSPS) is 13.1. The molecule has 0 spiro atoms. The van der Waals surface area contributed by atoms with Crippen molar-refractivity contribution in [1.82, 2.24) is 0 Å². The third-order valence-corrected chi connectivity index (χ3v) is 9.04. The molecule has 0 bridgehead atoms. The van der Waals surface area contributed by atoms with E-state index in [0.717, 1.165) is 0 Å². The Kier molecular flexibility index (Phi) is 2.14. The molecule has 1 heterocycles. The molecule has 68 valence electrons. The Morgan fingerprint density at radius 3 is 1.79 bits per heavy atom. The van der Waals surface area contributed by atoms with E-state index in [-0.39, 0.29) is 0 Å². The Labute approximate surface area is 94.2 Å². The Balaban J connectivity index is 2.12. The number of hydrogen-bond donors (Lipinski definition) is 0. The van der Waals surface area contributed by atoms with Gasteiger partial charge in [-0.15, -0.1) is 0 Å². The quantitative estimate of drug-likeness (QED) is 0.548. The zero-order chi connectivity index (χ0) is 9.38. The molecule has 0 aliphatic carbocycles. The van der Waals surface area contributed by atoms with E-state index in [1.807, 2.05) is 11.8 Å². The van der Waals surface area contributed by atoms with Crippen LogP contribution in [0.4, 0.5) is 0 Å². The molecule has 2 aromatic rings. The van der Waals surface area contributed by atoms with Crippen LogP contribution in [-0.4, -0.2) is 15.4 Å². The molecular formula is C12H10GeS. The summed E-state index contributed by atoms with van der Waals surface area (Å²) in [6, 6.07) is 17.7. The second-order valence-corrected chi connectivity index (χ2v) is 8.52. The van der Waals surface area contributed by atoms with Gasteiger partial charge in [-0.25, -0.2) is 0 Å². The summed E-state index contributed by atoms with van der Waals surface area (Å²) >= 11 is 1.26. The van der Waals surface area contributed by atoms with E-state index >= 15 is 0 Å². The number of fused-ring (bicyclic) bond motifs is 2. The Morgan fingerprint density at radius 2 is 1.21 bits per heavy atom. The summed E-state index contributed by atoms with van der Waals surface area (Å²) in [6.45, 7) is 0. The molecule has 1 aliphatic rings. The third kappa shape index (κ3) is 1.41. The average Bonchev–Trinajstić information content (AvgIpc) is 2.26. The van der Waals surface area contributed by atoms with Crippen LogP contribution in [0.5, 0.6) is 0 Å². The molecule has 0 saturated heterocycles. The van der Waals surface area contributed by atoms with Crippen molar-refractivity contribution in [3.8, 4) is 0 Å². The summed E-state index contributed by atoms with van der Waals surface area (Å²) < 4.78 is 3.28. The fraction of sp³-hybridized carbons (Fsp3) is 0. The van der Waals surface area contributed by atoms with Gasteiger partial charge in [-0.2, -0.15) is 0 Å². The maximum absolute atomic E-state index is 2.30. The molecule has 2 aromatic carbocycles. The van der Waals surface area contributed by atoms with E-state index in [2.05, 4.69) is 48.5 Å². The van der Waals surface area contributed by atoms with Crippen molar-refractivity contribution < 1.29 is 0 Å². The van der Waals surface area contributed by atoms with Crippen LogP contribution in [0.2, 0.25) is 0 Å². The first kappa shape index (κ1) is 8.63. The van der Waals surface area contributed by atoms with Gasteiger partial charge in [-0.1, -0.05) is 0 Å². The first-order valence-corrected chi connectivity index (χ1v) is 8.55. The van der Waals surface area contributed by atoms with Crippen LogP contribution in [0.3, 0.4) is 0 Å². The van der Waals surface area contributed by atoms with Crippen molar-refractivity contribution in [2.75, 3.05) is 0 Å². The van der Waals surface area contributed by atoms with Crippen LogP contribution in [0.25, 0.3) is 0 Å². The van der Waals surface area contributed by atoms with E-state index in [1.165, 1.54) is 9.79 Å². The van der Waals surface area contributed by atoms with Crippen molar-refractivity contribution in [3.63, 3.8) is 0 Å². The Bertz CT molecular complexity index is 392. The van der Waals surface area contributed by atoms with Gasteiger partial charge in [0.1, 0.15) is 0 Å². The summed E-state index contributed by atoms with van der Waals surface area (Å²) in [5.41, 5.74) is 0. The minimum atomic E-state index is -0.670. The van der Waals surface area contributed by atoms with Gasteiger partial charge in [0, 0.05) is 0 Å². The molecule has 1 aliphatic heterocycles. The number of benzene rings is 2. The van der Waals surface area contributed by atoms with E-state index in [1.54, 1.807) is 8.79 Å². The van der Waals surface area contributed by atoms with Gasteiger partial charge >= 0.3 is 94.3 Å². The number of hydrogen-bond acceptors (Lipinski definition) is 1. The zero-order valence-electron chi connectivity index (χ0n) is 7.73. The van der Waals surface area contributed by atoms with Crippen LogP contribution in [-0.2, 0) is 0 Å². The molecule has 0 radical (unpaired) electrons. The van der Waals surface area contributed by atoms with Crippen molar-refractivity contribution in [2.45, 2.75) is 9.79 Å². The second kappa shape index (κ2) is 3.48. The maximum atomic E-state index is 2.30. The summed E-state index contributed by atoms with van der Waals surface area (Å²) in [6.07, 6.45) is 0. The van der Waals surface area contributed by atoms with Crippen LogP contribution in [0.1, 0.15) is 0 Å². The molecule has 14 heavy (non-hydrogen) atoms. The predicted octanol–water partition coefficient (Wildman–Crippen LogP) is 1.27. The standard InChI is InChI=1S/C12H10GeS/c1-3-7-11-9(5-1)13-10-6-2-4-8-12(10)14-11/h1-8H,13H2. The first-order chi connectivity index (χ1) is 6.93. The molecule has 0 fully saturated rings. The second-order valence-electron chi connectivity index (χ2n) is 3.49. The fourth-order valence-corrected chi connectivity index (χ4v) is 7.56. The average molecular weight is 259 g/mol. The summed E-state index contributed by atoms with van der Waals surface area (Å²) in [5.74, 6) is 0. The Morgan fingerprint density at radius 1 is 0.714 bits per heavy atom. The molecule has 0 aromatic heterocycles. The number of rotatable bonds is 0. The summed E-state index contributed by atoms with van der Waals surface area (Å²) in [4.78, 5) is 2.98. The molecule has 0 saturated carbocycles. The molecule has 0 unspecified atom stereocenters. The molecule has 0 amide bonds. The molecule has 0 nitrogen and oxygen atoms in total. The fourth-order valence-electron chi connectivity index (χ4n) is 1.82. The van der Waals surface area contributed by atoms with Crippen LogP contribution < -0.4 is 8.79 Å². The van der Waals surface area contributed by atoms with Crippen molar-refractivity contribution in [1.29, 1.82) is 0 Å². The van der Waals surface area contributed by atoms with Gasteiger partial charge in [-0.05, 0) is 0 Å². The van der Waals surface area contributed by atoms with Crippen molar-refractivity contribution >= 4 is 36.0 Å². The third-order valence-electron chi connectivity index (χ3n) is 2.55. The van der Waals surface area contributed by atoms with E-state index in [0.29, 0.717) is 0 Å². The minimum absolute atomic E-state index is 0.670. The summed E-state index contributed by atoms with van der Waals surface area (Å²) in [7, 11) is 0. The van der Waals surface area contributed by atoms with E-state index in [4.69, 9.17) is 0 Å². The van der Waals surface area contributed by atoms with Gasteiger partial charge in [0.15, 0.2) is 0 Å².